The maximum atomic E-state index is 12.4. The molecular formula is C15H17N3O3. The van der Waals surface area contributed by atoms with Gasteiger partial charge in [-0.2, -0.15) is 5.10 Å². The van der Waals surface area contributed by atoms with E-state index >= 15 is 0 Å². The summed E-state index contributed by atoms with van der Waals surface area (Å²) in [5.74, 6) is -1.09. The smallest absolute Gasteiger partial charge is 0.328 e. The number of rotatable bonds is 3. The van der Waals surface area contributed by atoms with Gasteiger partial charge < -0.3 is 10.0 Å². The zero-order valence-corrected chi connectivity index (χ0v) is 11.6. The van der Waals surface area contributed by atoms with Crippen molar-refractivity contribution in [3.63, 3.8) is 0 Å². The van der Waals surface area contributed by atoms with E-state index in [4.69, 9.17) is 0 Å². The van der Waals surface area contributed by atoms with Crippen molar-refractivity contribution < 1.29 is 14.7 Å². The number of anilines is 1. The third kappa shape index (κ3) is 2.61. The van der Waals surface area contributed by atoms with E-state index in [0.29, 0.717) is 11.4 Å². The Morgan fingerprint density at radius 1 is 1.14 bits per heavy atom. The molecule has 0 aliphatic carbocycles. The highest BCUT2D eigenvalue weighted by molar-refractivity contribution is 6.40. The van der Waals surface area contributed by atoms with Crippen LogP contribution in [0.1, 0.15) is 19.3 Å². The van der Waals surface area contributed by atoms with Gasteiger partial charge in [0.2, 0.25) is 0 Å². The quantitative estimate of drug-likeness (QED) is 0.910. The van der Waals surface area contributed by atoms with Gasteiger partial charge in [0.25, 0.3) is 5.91 Å². The van der Waals surface area contributed by atoms with Crippen LogP contribution in [0.15, 0.2) is 35.4 Å². The summed E-state index contributed by atoms with van der Waals surface area (Å²) in [6.45, 7) is 1.47. The van der Waals surface area contributed by atoms with Gasteiger partial charge in [-0.1, -0.05) is 18.2 Å². The average molecular weight is 287 g/mol. The Morgan fingerprint density at radius 2 is 1.81 bits per heavy atom. The second-order valence-electron chi connectivity index (χ2n) is 5.28. The highest BCUT2D eigenvalue weighted by Gasteiger charge is 2.37. The van der Waals surface area contributed by atoms with Crippen molar-refractivity contribution in [1.29, 1.82) is 0 Å². The first-order valence-corrected chi connectivity index (χ1v) is 7.10. The monoisotopic (exact) mass is 287 g/mol. The summed E-state index contributed by atoms with van der Waals surface area (Å²) in [5.41, 5.74) is 1.03. The van der Waals surface area contributed by atoms with Gasteiger partial charge in [0.05, 0.1) is 5.69 Å². The van der Waals surface area contributed by atoms with Gasteiger partial charge in [-0.05, 0) is 25.0 Å². The molecule has 0 spiro atoms. The third-order valence-electron chi connectivity index (χ3n) is 3.86. The van der Waals surface area contributed by atoms with Crippen molar-refractivity contribution in [2.24, 2.45) is 5.10 Å². The van der Waals surface area contributed by atoms with E-state index in [1.807, 2.05) is 18.2 Å². The molecule has 1 aromatic rings. The maximum absolute atomic E-state index is 12.4. The Kier molecular flexibility index (Phi) is 3.60. The predicted molar refractivity (Wildman–Crippen MR) is 78.2 cm³/mol. The van der Waals surface area contributed by atoms with Crippen molar-refractivity contribution in [3.05, 3.63) is 30.3 Å². The summed E-state index contributed by atoms with van der Waals surface area (Å²) >= 11 is 0. The predicted octanol–water partition coefficient (Wildman–Crippen LogP) is 1.33. The summed E-state index contributed by atoms with van der Waals surface area (Å²) in [6.07, 6.45) is 2.16. The van der Waals surface area contributed by atoms with E-state index < -0.39 is 12.0 Å². The lowest BCUT2D eigenvalue weighted by molar-refractivity contribution is -0.138. The van der Waals surface area contributed by atoms with Crippen LogP contribution in [0, 0.1) is 0 Å². The highest BCUT2D eigenvalue weighted by atomic mass is 16.4. The summed E-state index contributed by atoms with van der Waals surface area (Å²) in [7, 11) is 0. The van der Waals surface area contributed by atoms with Gasteiger partial charge in [0.1, 0.15) is 5.71 Å². The molecule has 21 heavy (non-hydrogen) atoms. The number of para-hydroxylation sites is 1. The van der Waals surface area contributed by atoms with Crippen molar-refractivity contribution in [2.45, 2.75) is 25.3 Å². The molecule has 0 saturated carbocycles. The molecule has 1 N–H and O–H groups in total. The van der Waals surface area contributed by atoms with Crippen LogP contribution in [0.3, 0.4) is 0 Å². The Balaban J connectivity index is 1.86. The van der Waals surface area contributed by atoms with Crippen LogP contribution in [0.4, 0.5) is 5.69 Å². The molecule has 1 amide bonds. The number of nitrogens with zero attached hydrogens (tertiary/aromatic N) is 3. The second kappa shape index (κ2) is 5.55. The number of carbonyl (C=O) groups excluding carboxylic acids is 1. The van der Waals surface area contributed by atoms with Gasteiger partial charge in [-0.15, -0.1) is 0 Å². The standard InChI is InChI=1S/C15H17N3O3/c19-14(17-8-4-5-9-17)12-10-13(15(20)21)18(16-12)11-6-2-1-3-7-11/h1-3,6-7,13H,4-5,8-10H2,(H,20,21). The fourth-order valence-corrected chi connectivity index (χ4v) is 2.75. The first-order valence-electron chi connectivity index (χ1n) is 7.10. The van der Waals surface area contributed by atoms with Gasteiger partial charge in [-0.25, -0.2) is 4.79 Å². The van der Waals surface area contributed by atoms with E-state index in [0.717, 1.165) is 25.9 Å². The van der Waals surface area contributed by atoms with Crippen LogP contribution in [0.2, 0.25) is 0 Å². The van der Waals surface area contributed by atoms with Crippen molar-refractivity contribution >= 4 is 23.3 Å². The maximum Gasteiger partial charge on any atom is 0.328 e. The van der Waals surface area contributed by atoms with Gasteiger partial charge >= 0.3 is 5.97 Å². The van der Waals surface area contributed by atoms with Crippen molar-refractivity contribution in [1.82, 2.24) is 4.90 Å². The van der Waals surface area contributed by atoms with Gasteiger partial charge in [0.15, 0.2) is 6.04 Å². The number of aliphatic carboxylic acids is 1. The molecule has 0 aromatic heterocycles. The molecular weight excluding hydrogens is 270 g/mol. The Hall–Kier alpha value is -2.37. The molecule has 110 valence electrons. The number of benzene rings is 1. The van der Waals surface area contributed by atoms with Crippen LogP contribution in [-0.4, -0.2) is 46.7 Å². The van der Waals surface area contributed by atoms with Crippen molar-refractivity contribution in [2.75, 3.05) is 18.1 Å². The Labute approximate surface area is 122 Å². The van der Waals surface area contributed by atoms with Crippen LogP contribution >= 0.6 is 0 Å². The first-order chi connectivity index (χ1) is 10.2. The van der Waals surface area contributed by atoms with E-state index in [-0.39, 0.29) is 12.3 Å². The Morgan fingerprint density at radius 3 is 2.43 bits per heavy atom. The van der Waals surface area contributed by atoms with Crippen LogP contribution in [-0.2, 0) is 9.59 Å². The van der Waals surface area contributed by atoms with Gasteiger partial charge in [-0.3, -0.25) is 9.80 Å². The van der Waals surface area contributed by atoms with Crippen LogP contribution in [0.5, 0.6) is 0 Å². The third-order valence-corrected chi connectivity index (χ3v) is 3.86. The molecule has 2 heterocycles. The summed E-state index contributed by atoms with van der Waals surface area (Å²) < 4.78 is 0. The van der Waals surface area contributed by atoms with E-state index in [9.17, 15) is 14.7 Å². The molecule has 1 unspecified atom stereocenters. The number of hydrogen-bond acceptors (Lipinski definition) is 4. The number of hydrogen-bond donors (Lipinski definition) is 1. The summed E-state index contributed by atoms with van der Waals surface area (Å²) in [5, 5.41) is 15.1. The van der Waals surface area contributed by atoms with E-state index in [2.05, 4.69) is 5.10 Å². The topological polar surface area (TPSA) is 73.2 Å². The number of carbonyl (C=O) groups is 2. The van der Waals surface area contributed by atoms with Crippen LogP contribution < -0.4 is 5.01 Å². The normalized spacial score (nSPS) is 21.5. The molecule has 3 rings (SSSR count). The lowest BCUT2D eigenvalue weighted by Crippen LogP contribution is -2.36. The van der Waals surface area contributed by atoms with Crippen LogP contribution in [0.25, 0.3) is 0 Å². The number of carboxylic acid groups (broad SMARTS) is 1. The number of likely N-dealkylation sites (tertiary alicyclic amines) is 1. The average Bonchev–Trinajstić information content (AvgIpc) is 3.17. The lowest BCUT2D eigenvalue weighted by Gasteiger charge is -2.19. The fraction of sp³-hybridized carbons (Fsp3) is 0.400. The molecule has 1 atom stereocenters. The molecule has 0 radical (unpaired) electrons. The second-order valence-corrected chi connectivity index (χ2v) is 5.28. The highest BCUT2D eigenvalue weighted by Crippen LogP contribution is 2.25. The summed E-state index contributed by atoms with van der Waals surface area (Å²) in [6, 6.07) is 8.28. The number of hydrazone groups is 1. The Bertz CT molecular complexity index is 579. The minimum atomic E-state index is -0.966. The fourth-order valence-electron chi connectivity index (χ4n) is 2.75. The van der Waals surface area contributed by atoms with E-state index in [1.165, 1.54) is 5.01 Å². The molecule has 2 aliphatic heterocycles. The minimum absolute atomic E-state index is 0.128. The zero-order valence-electron chi connectivity index (χ0n) is 11.6. The van der Waals surface area contributed by atoms with Crippen molar-refractivity contribution in [3.8, 4) is 0 Å². The molecule has 6 heteroatoms. The largest absolute Gasteiger partial charge is 0.480 e. The molecule has 1 saturated heterocycles. The molecule has 6 nitrogen and oxygen atoms in total. The van der Waals surface area contributed by atoms with E-state index in [1.54, 1.807) is 17.0 Å². The molecule has 2 aliphatic rings. The summed E-state index contributed by atoms with van der Waals surface area (Å²) in [4.78, 5) is 25.6. The first kappa shape index (κ1) is 13.6. The number of carboxylic acids is 1. The molecule has 1 aromatic carbocycles. The lowest BCUT2D eigenvalue weighted by atomic mass is 10.1. The number of amides is 1. The SMILES string of the molecule is O=C(O)C1CC(C(=O)N2CCCC2)=NN1c1ccccc1. The molecule has 1 fully saturated rings. The minimum Gasteiger partial charge on any atom is -0.480 e. The van der Waals surface area contributed by atoms with Gasteiger partial charge in [0, 0.05) is 19.5 Å². The zero-order chi connectivity index (χ0) is 14.8. The molecule has 0 bridgehead atoms.